The number of halogens is 1. The summed E-state index contributed by atoms with van der Waals surface area (Å²) in [5, 5.41) is 2.75. The Balaban J connectivity index is 2.30. The Morgan fingerprint density at radius 1 is 1.27 bits per heavy atom. The molecule has 22 heavy (non-hydrogen) atoms. The molecule has 0 spiro atoms. The number of carbonyl (C=O) groups excluding carboxylic acids is 2. The maximum atomic E-state index is 12.8. The number of benzene rings is 1. The number of hydrogen-bond donors (Lipinski definition) is 1. The van der Waals surface area contributed by atoms with Crippen LogP contribution in [0.1, 0.15) is 34.1 Å². The van der Waals surface area contributed by atoms with Gasteiger partial charge in [0.1, 0.15) is 5.82 Å². The predicted molar refractivity (Wildman–Crippen MR) is 85.2 cm³/mol. The van der Waals surface area contributed by atoms with Crippen molar-refractivity contribution in [2.75, 3.05) is 5.75 Å². The summed E-state index contributed by atoms with van der Waals surface area (Å²) < 4.78 is 17.8. The lowest BCUT2D eigenvalue weighted by Gasteiger charge is -2.23. The van der Waals surface area contributed by atoms with Crippen LogP contribution in [0.5, 0.6) is 0 Å². The van der Waals surface area contributed by atoms with Gasteiger partial charge in [-0.25, -0.2) is 4.39 Å². The monoisotopic (exact) mass is 327 g/mol. The second-order valence-electron chi connectivity index (χ2n) is 5.92. The van der Waals surface area contributed by atoms with Crippen molar-refractivity contribution in [3.8, 4) is 0 Å². The molecule has 6 heteroatoms. The summed E-state index contributed by atoms with van der Waals surface area (Å²) in [4.78, 5) is 24.4. The molecular weight excluding hydrogens is 305 g/mol. The van der Waals surface area contributed by atoms with E-state index in [0.29, 0.717) is 5.75 Å². The van der Waals surface area contributed by atoms with E-state index in [0.717, 1.165) is 4.90 Å². The van der Waals surface area contributed by atoms with Crippen LogP contribution in [0.4, 0.5) is 4.39 Å². The average Bonchev–Trinajstić information content (AvgIpc) is 2.39. The fraction of sp³-hybridized carbons (Fsp3) is 0.500. The quantitative estimate of drug-likeness (QED) is 0.644. The second kappa shape index (κ2) is 8.17. The van der Waals surface area contributed by atoms with E-state index in [1.807, 2.05) is 20.8 Å². The zero-order valence-electron chi connectivity index (χ0n) is 13.3. The van der Waals surface area contributed by atoms with E-state index in [4.69, 9.17) is 4.74 Å². The van der Waals surface area contributed by atoms with Crippen molar-refractivity contribution in [3.63, 3.8) is 0 Å². The van der Waals surface area contributed by atoms with E-state index in [-0.39, 0.29) is 23.7 Å². The third-order valence-electron chi connectivity index (χ3n) is 2.56. The summed E-state index contributed by atoms with van der Waals surface area (Å²) in [6.07, 6.45) is -0.627. The number of nitrogens with one attached hydrogen (secondary N) is 1. The number of ether oxygens (including phenoxy) is 1. The maximum Gasteiger partial charge on any atom is 0.307 e. The molecule has 1 aromatic rings. The van der Waals surface area contributed by atoms with Crippen LogP contribution < -0.4 is 5.32 Å². The molecule has 0 heterocycles. The Labute approximate surface area is 134 Å². The van der Waals surface area contributed by atoms with Gasteiger partial charge in [0.2, 0.25) is 0 Å². The minimum absolute atomic E-state index is 0.190. The molecule has 0 aliphatic heterocycles. The van der Waals surface area contributed by atoms with Gasteiger partial charge in [0.15, 0.2) is 6.10 Å². The van der Waals surface area contributed by atoms with Crippen molar-refractivity contribution in [2.24, 2.45) is 0 Å². The van der Waals surface area contributed by atoms with Gasteiger partial charge in [0, 0.05) is 16.2 Å². The van der Waals surface area contributed by atoms with E-state index < -0.39 is 12.1 Å². The molecule has 0 radical (unpaired) electrons. The van der Waals surface area contributed by atoms with Crippen LogP contribution in [0, 0.1) is 5.82 Å². The van der Waals surface area contributed by atoms with Crippen molar-refractivity contribution in [2.45, 2.75) is 50.7 Å². The molecule has 0 aliphatic rings. The minimum Gasteiger partial charge on any atom is -0.453 e. The molecular formula is C16H22FNO3S. The second-order valence-corrected chi connectivity index (χ2v) is 7.09. The van der Waals surface area contributed by atoms with Crippen LogP contribution in [-0.2, 0) is 14.3 Å². The molecule has 1 aromatic carbocycles. The van der Waals surface area contributed by atoms with Gasteiger partial charge in [0.05, 0.1) is 6.42 Å². The van der Waals surface area contributed by atoms with Gasteiger partial charge in [-0.2, -0.15) is 0 Å². The Morgan fingerprint density at radius 3 is 2.41 bits per heavy atom. The van der Waals surface area contributed by atoms with E-state index >= 15 is 0 Å². The maximum absolute atomic E-state index is 12.8. The van der Waals surface area contributed by atoms with Crippen LogP contribution in [0.3, 0.4) is 0 Å². The molecule has 0 aromatic heterocycles. The molecule has 1 rings (SSSR count). The topological polar surface area (TPSA) is 55.4 Å². The van der Waals surface area contributed by atoms with Crippen molar-refractivity contribution >= 4 is 23.6 Å². The molecule has 0 saturated carbocycles. The predicted octanol–water partition coefficient (Wildman–Crippen LogP) is 3.15. The number of thioether (sulfide) groups is 1. The molecule has 122 valence electrons. The number of amides is 1. The van der Waals surface area contributed by atoms with Crippen LogP contribution in [0.25, 0.3) is 0 Å². The van der Waals surface area contributed by atoms with Crippen molar-refractivity contribution in [1.29, 1.82) is 0 Å². The van der Waals surface area contributed by atoms with Crippen molar-refractivity contribution in [1.82, 2.24) is 5.32 Å². The molecule has 0 bridgehead atoms. The van der Waals surface area contributed by atoms with Gasteiger partial charge in [0.25, 0.3) is 5.91 Å². The van der Waals surface area contributed by atoms with E-state index in [1.165, 1.54) is 23.9 Å². The Hall–Kier alpha value is -1.56. The van der Waals surface area contributed by atoms with Crippen LogP contribution in [-0.4, -0.2) is 29.3 Å². The molecule has 1 amide bonds. The van der Waals surface area contributed by atoms with Crippen LogP contribution in [0.15, 0.2) is 29.2 Å². The Kier molecular flexibility index (Phi) is 6.87. The first-order valence-corrected chi connectivity index (χ1v) is 8.06. The van der Waals surface area contributed by atoms with Crippen molar-refractivity contribution < 1.29 is 18.7 Å². The Morgan fingerprint density at radius 2 is 1.86 bits per heavy atom. The third-order valence-corrected chi connectivity index (χ3v) is 3.58. The zero-order chi connectivity index (χ0) is 16.8. The minimum atomic E-state index is -0.817. The highest BCUT2D eigenvalue weighted by molar-refractivity contribution is 7.99. The summed E-state index contributed by atoms with van der Waals surface area (Å²) in [6.45, 7) is 7.13. The van der Waals surface area contributed by atoms with Gasteiger partial charge in [-0.1, -0.05) is 0 Å². The van der Waals surface area contributed by atoms with Crippen LogP contribution >= 0.6 is 11.8 Å². The molecule has 0 aliphatic carbocycles. The van der Waals surface area contributed by atoms with E-state index in [1.54, 1.807) is 19.1 Å². The zero-order valence-corrected chi connectivity index (χ0v) is 14.1. The van der Waals surface area contributed by atoms with Crippen molar-refractivity contribution in [3.05, 3.63) is 30.1 Å². The molecule has 0 saturated heterocycles. The van der Waals surface area contributed by atoms with E-state index in [2.05, 4.69) is 5.32 Å². The molecule has 1 atom stereocenters. The highest BCUT2D eigenvalue weighted by atomic mass is 32.2. The average molecular weight is 327 g/mol. The molecule has 4 nitrogen and oxygen atoms in total. The summed E-state index contributed by atoms with van der Waals surface area (Å²) >= 11 is 1.43. The molecule has 0 fully saturated rings. The first-order chi connectivity index (χ1) is 10.2. The van der Waals surface area contributed by atoms with Gasteiger partial charge in [-0.15, -0.1) is 11.8 Å². The SMILES string of the molecule is C[C@@H](OC(=O)CCSc1ccc(F)cc1)C(=O)NC(C)(C)C. The van der Waals surface area contributed by atoms with Gasteiger partial charge in [-0.3, -0.25) is 9.59 Å². The number of carbonyl (C=O) groups is 2. The highest BCUT2D eigenvalue weighted by Crippen LogP contribution is 2.19. The lowest BCUT2D eigenvalue weighted by Crippen LogP contribution is -2.46. The smallest absolute Gasteiger partial charge is 0.307 e. The number of hydrogen-bond acceptors (Lipinski definition) is 4. The lowest BCUT2D eigenvalue weighted by atomic mass is 10.1. The van der Waals surface area contributed by atoms with Gasteiger partial charge >= 0.3 is 5.97 Å². The third kappa shape index (κ3) is 7.45. The lowest BCUT2D eigenvalue weighted by molar-refractivity contribution is -0.154. The molecule has 0 unspecified atom stereocenters. The molecule has 1 N–H and O–H groups in total. The fourth-order valence-electron chi connectivity index (χ4n) is 1.56. The largest absolute Gasteiger partial charge is 0.453 e. The summed E-state index contributed by atoms with van der Waals surface area (Å²) in [5.41, 5.74) is -0.365. The summed E-state index contributed by atoms with van der Waals surface area (Å²) in [5.74, 6) is -0.515. The first kappa shape index (κ1) is 18.5. The summed E-state index contributed by atoms with van der Waals surface area (Å²) in [7, 11) is 0. The first-order valence-electron chi connectivity index (χ1n) is 7.07. The summed E-state index contributed by atoms with van der Waals surface area (Å²) in [6, 6.07) is 6.06. The standard InChI is InChI=1S/C16H22FNO3S/c1-11(15(20)18-16(2,3)4)21-14(19)9-10-22-13-7-5-12(17)6-8-13/h5-8,11H,9-10H2,1-4H3,(H,18,20)/t11-/m1/s1. The number of rotatable bonds is 6. The van der Waals surface area contributed by atoms with Gasteiger partial charge < -0.3 is 10.1 Å². The Bertz CT molecular complexity index is 511. The normalized spacial score (nSPS) is 12.6. The number of esters is 1. The fourth-order valence-corrected chi connectivity index (χ4v) is 2.40. The van der Waals surface area contributed by atoms with Crippen LogP contribution in [0.2, 0.25) is 0 Å². The van der Waals surface area contributed by atoms with Gasteiger partial charge in [-0.05, 0) is 52.0 Å². The highest BCUT2D eigenvalue weighted by Gasteiger charge is 2.22. The van der Waals surface area contributed by atoms with E-state index in [9.17, 15) is 14.0 Å².